The lowest BCUT2D eigenvalue weighted by Gasteiger charge is -2.26. The number of aryl methyl sites for hydroxylation is 2. The summed E-state index contributed by atoms with van der Waals surface area (Å²) in [6.07, 6.45) is 1.17. The number of carbonyl (C=O) groups is 3. The summed E-state index contributed by atoms with van der Waals surface area (Å²) in [6.45, 7) is 6.81. The highest BCUT2D eigenvalue weighted by molar-refractivity contribution is 7.98. The van der Waals surface area contributed by atoms with Gasteiger partial charge < -0.3 is 19.5 Å². The first-order valence-electron chi connectivity index (χ1n) is 12.9. The third-order valence-corrected chi connectivity index (χ3v) is 8.14. The molecule has 1 N–H and O–H groups in total. The van der Waals surface area contributed by atoms with E-state index in [1.807, 2.05) is 44.4 Å². The number of aliphatic carboxylic acids is 1. The quantitative estimate of drug-likeness (QED) is 0.217. The molecule has 216 valence electrons. The van der Waals surface area contributed by atoms with E-state index >= 15 is 0 Å². The van der Waals surface area contributed by atoms with Crippen molar-refractivity contribution in [3.63, 3.8) is 0 Å². The van der Waals surface area contributed by atoms with Gasteiger partial charge >= 0.3 is 12.1 Å². The van der Waals surface area contributed by atoms with Crippen LogP contribution in [0, 0.1) is 25.6 Å². The molecule has 3 aromatic carbocycles. The van der Waals surface area contributed by atoms with Crippen LogP contribution >= 0.6 is 23.4 Å². The minimum atomic E-state index is -1.44. The van der Waals surface area contributed by atoms with Gasteiger partial charge in [-0.1, -0.05) is 35.9 Å². The molecule has 1 saturated heterocycles. The molecule has 1 aliphatic heterocycles. The number of Topliss-reactive ketones (excluding diaryl/α,β-unsaturated/α-hetero) is 1. The minimum absolute atomic E-state index is 0.0736. The van der Waals surface area contributed by atoms with E-state index in [-0.39, 0.29) is 29.6 Å². The van der Waals surface area contributed by atoms with Crippen molar-refractivity contribution in [3.05, 3.63) is 87.7 Å². The molecule has 1 unspecified atom stereocenters. The molecule has 0 spiro atoms. The van der Waals surface area contributed by atoms with Crippen molar-refractivity contribution in [1.29, 1.82) is 0 Å². The minimum Gasteiger partial charge on any atom is -0.478 e. The average molecular weight is 600 g/mol. The first kappa shape index (κ1) is 30.4. The average Bonchev–Trinajstić information content (AvgIpc) is 3.37. The third kappa shape index (κ3) is 6.68. The van der Waals surface area contributed by atoms with Crippen molar-refractivity contribution in [2.75, 3.05) is 19.3 Å². The predicted octanol–water partition coefficient (Wildman–Crippen LogP) is 7.16. The standard InChI is InChI=1S/C31H31ClFNO6S/c1-17-12-20(13-18(2)28(17)40-31(3,4)29(36)37)23-15-34(30(38)39-26-11-8-21(32)14-25(26)33)16-24(23)27(35)19-6-9-22(41-5)10-7-19/h6-14,23-24H,15-16H2,1-5H3,(H,36,37)/t23-,24?/m0/s1. The maximum atomic E-state index is 14.3. The number of likely N-dealkylation sites (tertiary alicyclic amines) is 1. The van der Waals surface area contributed by atoms with E-state index in [0.29, 0.717) is 22.4 Å². The Morgan fingerprint density at radius 1 is 1.02 bits per heavy atom. The van der Waals surface area contributed by atoms with Gasteiger partial charge in [-0.05, 0) is 81.0 Å². The zero-order valence-corrected chi connectivity index (χ0v) is 24.9. The maximum absolute atomic E-state index is 14.3. The molecule has 0 aromatic heterocycles. The number of thioether (sulfide) groups is 1. The van der Waals surface area contributed by atoms with Crippen molar-refractivity contribution in [2.24, 2.45) is 5.92 Å². The summed E-state index contributed by atoms with van der Waals surface area (Å²) in [7, 11) is 0. The van der Waals surface area contributed by atoms with Crippen molar-refractivity contribution in [2.45, 2.75) is 44.1 Å². The van der Waals surface area contributed by atoms with E-state index in [4.69, 9.17) is 21.1 Å². The van der Waals surface area contributed by atoms with Crippen LogP contribution in [0.2, 0.25) is 5.02 Å². The lowest BCUT2D eigenvalue weighted by molar-refractivity contribution is -0.152. The van der Waals surface area contributed by atoms with Crippen molar-refractivity contribution < 1.29 is 33.4 Å². The van der Waals surface area contributed by atoms with E-state index in [2.05, 4.69) is 0 Å². The second kappa shape index (κ2) is 12.1. The number of benzene rings is 3. The second-order valence-electron chi connectivity index (χ2n) is 10.6. The molecule has 1 heterocycles. The van der Waals surface area contributed by atoms with E-state index < -0.39 is 35.3 Å². The smallest absolute Gasteiger partial charge is 0.415 e. The third-order valence-electron chi connectivity index (χ3n) is 7.16. The number of ketones is 1. The van der Waals surface area contributed by atoms with E-state index in [9.17, 15) is 23.9 Å². The monoisotopic (exact) mass is 599 g/mol. The molecule has 0 radical (unpaired) electrons. The van der Waals surface area contributed by atoms with Gasteiger partial charge in [0, 0.05) is 40.4 Å². The van der Waals surface area contributed by atoms with Crippen LogP contribution in [0.25, 0.3) is 0 Å². The number of amides is 1. The normalized spacial score (nSPS) is 16.9. The second-order valence-corrected chi connectivity index (χ2v) is 11.9. The highest BCUT2D eigenvalue weighted by atomic mass is 35.5. The van der Waals surface area contributed by atoms with E-state index in [1.54, 1.807) is 23.9 Å². The molecule has 1 amide bonds. The molecule has 1 aliphatic rings. The van der Waals surface area contributed by atoms with Gasteiger partial charge in [0.05, 0.1) is 0 Å². The van der Waals surface area contributed by atoms with Gasteiger partial charge in [0.2, 0.25) is 0 Å². The highest BCUT2D eigenvalue weighted by Crippen LogP contribution is 2.39. The molecular formula is C31H31ClFNO6S. The summed E-state index contributed by atoms with van der Waals surface area (Å²) in [6, 6.07) is 14.8. The molecule has 2 atom stereocenters. The first-order chi connectivity index (χ1) is 19.3. The van der Waals surface area contributed by atoms with Crippen LogP contribution in [-0.4, -0.2) is 52.8 Å². The van der Waals surface area contributed by atoms with Crippen molar-refractivity contribution in [3.8, 4) is 11.5 Å². The SMILES string of the molecule is CSc1ccc(C(=O)C2CN(C(=O)Oc3ccc(Cl)cc3F)C[C@H]2c2cc(C)c(OC(C)(C)C(=O)O)c(C)c2)cc1. The lowest BCUT2D eigenvalue weighted by atomic mass is 9.82. The number of nitrogens with zero attached hydrogens (tertiary/aromatic N) is 1. The molecule has 0 bridgehead atoms. The van der Waals surface area contributed by atoms with Gasteiger partial charge in [-0.3, -0.25) is 4.79 Å². The fraction of sp³-hybridized carbons (Fsp3) is 0.323. The first-order valence-corrected chi connectivity index (χ1v) is 14.5. The van der Waals surface area contributed by atoms with E-state index in [1.165, 1.54) is 30.9 Å². The Bertz CT molecular complexity index is 1470. The Balaban J connectivity index is 1.67. The van der Waals surface area contributed by atoms with Gasteiger partial charge in [0.1, 0.15) is 5.75 Å². The van der Waals surface area contributed by atoms with E-state index in [0.717, 1.165) is 16.5 Å². The predicted molar refractivity (Wildman–Crippen MR) is 156 cm³/mol. The van der Waals surface area contributed by atoms with Gasteiger partial charge in [-0.25, -0.2) is 14.0 Å². The van der Waals surface area contributed by atoms with Crippen LogP contribution in [0.5, 0.6) is 11.5 Å². The summed E-state index contributed by atoms with van der Waals surface area (Å²) in [4.78, 5) is 41.0. The number of hydrogen-bond acceptors (Lipinski definition) is 6. The molecule has 4 rings (SSSR count). The van der Waals surface area contributed by atoms with Gasteiger partial charge in [-0.15, -0.1) is 11.8 Å². The highest BCUT2D eigenvalue weighted by Gasteiger charge is 2.42. The Morgan fingerprint density at radius 2 is 1.66 bits per heavy atom. The molecule has 10 heteroatoms. The lowest BCUT2D eigenvalue weighted by Crippen LogP contribution is -2.38. The number of hydrogen-bond donors (Lipinski definition) is 1. The van der Waals surface area contributed by atoms with Crippen LogP contribution in [0.3, 0.4) is 0 Å². The topological polar surface area (TPSA) is 93.1 Å². The van der Waals surface area contributed by atoms with Gasteiger partial charge in [0.25, 0.3) is 0 Å². The molecule has 7 nitrogen and oxygen atoms in total. The number of carbonyl (C=O) groups excluding carboxylic acids is 2. The number of carboxylic acids is 1. The van der Waals surface area contributed by atoms with Gasteiger partial charge in [0.15, 0.2) is 23.0 Å². The Labute approximate surface area is 247 Å². The summed E-state index contributed by atoms with van der Waals surface area (Å²) >= 11 is 7.39. The van der Waals surface area contributed by atoms with Crippen LogP contribution in [0.1, 0.15) is 46.8 Å². The number of ether oxygens (including phenoxy) is 2. The molecule has 1 fully saturated rings. The largest absolute Gasteiger partial charge is 0.478 e. The Hall–Kier alpha value is -3.56. The summed E-state index contributed by atoms with van der Waals surface area (Å²) in [5, 5.41) is 9.70. The zero-order chi connectivity index (χ0) is 30.1. The van der Waals surface area contributed by atoms with Crippen molar-refractivity contribution >= 4 is 41.2 Å². The van der Waals surface area contributed by atoms with Crippen LogP contribution in [0.15, 0.2) is 59.5 Å². The number of rotatable bonds is 8. The summed E-state index contributed by atoms with van der Waals surface area (Å²) < 4.78 is 25.5. The molecule has 3 aromatic rings. The number of halogens is 2. The fourth-order valence-corrected chi connectivity index (χ4v) is 5.47. The van der Waals surface area contributed by atoms with Crippen LogP contribution < -0.4 is 9.47 Å². The fourth-order valence-electron chi connectivity index (χ4n) is 4.90. The van der Waals surface area contributed by atoms with Crippen LogP contribution in [0.4, 0.5) is 9.18 Å². The van der Waals surface area contributed by atoms with Gasteiger partial charge in [-0.2, -0.15) is 0 Å². The summed E-state index contributed by atoms with van der Waals surface area (Å²) in [5.74, 6) is -2.80. The molecular weight excluding hydrogens is 569 g/mol. The molecule has 0 aliphatic carbocycles. The number of carboxylic acid groups (broad SMARTS) is 1. The Kier molecular flexibility index (Phi) is 8.99. The maximum Gasteiger partial charge on any atom is 0.415 e. The molecule has 0 saturated carbocycles. The summed E-state index contributed by atoms with van der Waals surface area (Å²) in [5.41, 5.74) is 1.28. The Morgan fingerprint density at radius 3 is 2.22 bits per heavy atom. The molecule has 41 heavy (non-hydrogen) atoms. The zero-order valence-electron chi connectivity index (χ0n) is 23.4. The van der Waals surface area contributed by atoms with Crippen molar-refractivity contribution in [1.82, 2.24) is 4.90 Å². The van der Waals surface area contributed by atoms with Crippen LogP contribution in [-0.2, 0) is 4.79 Å².